The van der Waals surface area contributed by atoms with Gasteiger partial charge in [-0.2, -0.15) is 0 Å². The van der Waals surface area contributed by atoms with Gasteiger partial charge in [-0.15, -0.1) is 0 Å². The molecule has 0 aromatic heterocycles. The van der Waals surface area contributed by atoms with E-state index in [1.807, 2.05) is 37.3 Å². The van der Waals surface area contributed by atoms with Crippen LogP contribution in [0.1, 0.15) is 18.7 Å². The smallest absolute Gasteiger partial charge is 0.185 e. The molecule has 0 bridgehead atoms. The Hall–Kier alpha value is -1.37. The summed E-state index contributed by atoms with van der Waals surface area (Å²) in [6, 6.07) is 9.23. The lowest BCUT2D eigenvalue weighted by Crippen LogP contribution is -1.91. The predicted molar refractivity (Wildman–Crippen MR) is 47.7 cm³/mol. The van der Waals surface area contributed by atoms with E-state index in [9.17, 15) is 4.79 Å². The first-order chi connectivity index (χ1) is 5.34. The zero-order valence-corrected chi connectivity index (χ0v) is 6.45. The van der Waals surface area contributed by atoms with Crippen molar-refractivity contribution < 1.29 is 6.22 Å². The third-order valence-corrected chi connectivity index (χ3v) is 1.38. The molecule has 0 amide bonds. The lowest BCUT2D eigenvalue weighted by Gasteiger charge is -1.91. The summed E-state index contributed by atoms with van der Waals surface area (Å²) in [5, 5.41) is 0. The van der Waals surface area contributed by atoms with Crippen molar-refractivity contribution in [3.63, 3.8) is 0 Å². The van der Waals surface area contributed by atoms with Gasteiger partial charge >= 0.3 is 0 Å². The van der Waals surface area contributed by atoms with Crippen LogP contribution in [0.2, 0.25) is 0 Å². The Kier molecular flexibility index (Phi) is 2.61. The Balaban J connectivity index is 0.00000121. The molecule has 0 atom stereocenters. The number of benzene rings is 1. The van der Waals surface area contributed by atoms with E-state index >= 15 is 0 Å². The van der Waals surface area contributed by atoms with Crippen LogP contribution in [0.15, 0.2) is 42.5 Å². The van der Waals surface area contributed by atoms with Crippen molar-refractivity contribution in [2.24, 2.45) is 0 Å². The molecule has 0 saturated heterocycles. The van der Waals surface area contributed by atoms with Crippen LogP contribution in [-0.2, 0) is 0 Å². The highest BCUT2D eigenvalue weighted by Gasteiger charge is 1.96. The minimum atomic E-state index is 0. The predicted octanol–water partition coefficient (Wildman–Crippen LogP) is 2.69. The highest BCUT2D eigenvalue weighted by Crippen LogP contribution is 1.99. The third kappa shape index (κ3) is 2.04. The van der Waals surface area contributed by atoms with Crippen molar-refractivity contribution >= 4 is 5.78 Å². The first-order valence-electron chi connectivity index (χ1n) is 3.56. The first-order valence-corrected chi connectivity index (χ1v) is 3.56. The summed E-state index contributed by atoms with van der Waals surface area (Å²) < 4.78 is 0. The molecule has 0 aliphatic heterocycles. The van der Waals surface area contributed by atoms with E-state index in [1.54, 1.807) is 12.2 Å². The normalized spacial score (nSPS) is 10.3. The van der Waals surface area contributed by atoms with Crippen LogP contribution in [0.3, 0.4) is 0 Å². The van der Waals surface area contributed by atoms with Gasteiger partial charge in [0.25, 0.3) is 0 Å². The number of hydrogen-bond donors (Lipinski definition) is 0. The molecule has 0 aliphatic rings. The minimum absolute atomic E-state index is 0. The van der Waals surface area contributed by atoms with Gasteiger partial charge in [0.15, 0.2) is 5.78 Å². The Morgan fingerprint density at radius 3 is 2.55 bits per heavy atom. The van der Waals surface area contributed by atoms with E-state index in [4.69, 9.17) is 0 Å². The zero-order chi connectivity index (χ0) is 8.10. The summed E-state index contributed by atoms with van der Waals surface area (Å²) in [4.78, 5) is 11.2. The van der Waals surface area contributed by atoms with Gasteiger partial charge in [0.2, 0.25) is 0 Å². The van der Waals surface area contributed by atoms with E-state index in [2.05, 4.69) is 0 Å². The molecule has 0 fully saturated rings. The molecule has 0 radical (unpaired) electrons. The van der Waals surface area contributed by atoms with Gasteiger partial charge in [0, 0.05) is 6.99 Å². The molecule has 1 nitrogen and oxygen atoms in total. The van der Waals surface area contributed by atoms with Crippen LogP contribution in [0.25, 0.3) is 0 Å². The largest absolute Gasteiger partial charge is 0.289 e. The number of carbonyl (C=O) groups is 1. The summed E-state index contributed by atoms with van der Waals surface area (Å²) in [6.07, 6.45) is 3.31. The first kappa shape index (κ1) is 7.73. The molecule has 0 spiro atoms. The Labute approximate surface area is 67.8 Å². The second kappa shape index (κ2) is 3.71. The topological polar surface area (TPSA) is 17.1 Å². The Morgan fingerprint density at radius 2 is 2.00 bits per heavy atom. The van der Waals surface area contributed by atoms with Crippen molar-refractivity contribution in [2.75, 3.05) is 0 Å². The van der Waals surface area contributed by atoms with Crippen molar-refractivity contribution in [1.82, 2.24) is 0 Å². The van der Waals surface area contributed by atoms with Crippen LogP contribution < -0.4 is 0 Å². The lowest BCUT2D eigenvalue weighted by molar-refractivity contribution is 0.104. The maximum atomic E-state index is 11.2. The SMILES string of the molecule is C/C=C/C(=O)c1ccccc1.[HH]. The Bertz CT molecular complexity index is 264. The molecule has 1 aromatic carbocycles. The standard InChI is InChI=1S/C10H10O.H2/c1-2-6-10(11)9-7-4-3-5-8-9;/h2-8H,1H3;1H/b6-2+;. The number of hydrogen-bond acceptors (Lipinski definition) is 1. The second-order valence-corrected chi connectivity index (χ2v) is 2.23. The fraction of sp³-hybridized carbons (Fsp3) is 0.100. The maximum Gasteiger partial charge on any atom is 0.185 e. The molecule has 11 heavy (non-hydrogen) atoms. The fourth-order valence-electron chi connectivity index (χ4n) is 0.850. The molecule has 0 saturated carbocycles. The monoisotopic (exact) mass is 148 g/mol. The molecule has 0 unspecified atom stereocenters. The summed E-state index contributed by atoms with van der Waals surface area (Å²) in [5.74, 6) is 0.0631. The number of ketones is 1. The van der Waals surface area contributed by atoms with Gasteiger partial charge in [0.05, 0.1) is 0 Å². The van der Waals surface area contributed by atoms with Crippen LogP contribution >= 0.6 is 0 Å². The highest BCUT2D eigenvalue weighted by molar-refractivity contribution is 6.04. The van der Waals surface area contributed by atoms with Crippen molar-refractivity contribution in [1.29, 1.82) is 0 Å². The van der Waals surface area contributed by atoms with Gasteiger partial charge in [-0.05, 0) is 13.0 Å². The molecule has 1 aromatic rings. The van der Waals surface area contributed by atoms with Gasteiger partial charge in [-0.25, -0.2) is 0 Å². The Morgan fingerprint density at radius 1 is 1.36 bits per heavy atom. The summed E-state index contributed by atoms with van der Waals surface area (Å²) in [7, 11) is 0. The fourth-order valence-corrected chi connectivity index (χ4v) is 0.850. The zero-order valence-electron chi connectivity index (χ0n) is 6.45. The van der Waals surface area contributed by atoms with Gasteiger partial charge in [0.1, 0.15) is 0 Å². The molecule has 1 rings (SSSR count). The highest BCUT2D eigenvalue weighted by atomic mass is 16.1. The molecule has 0 aliphatic carbocycles. The van der Waals surface area contributed by atoms with Crippen LogP contribution in [0, 0.1) is 0 Å². The van der Waals surface area contributed by atoms with Gasteiger partial charge < -0.3 is 0 Å². The number of rotatable bonds is 2. The van der Waals surface area contributed by atoms with Crippen molar-refractivity contribution in [3.8, 4) is 0 Å². The van der Waals surface area contributed by atoms with E-state index in [0.717, 1.165) is 5.56 Å². The van der Waals surface area contributed by atoms with Crippen molar-refractivity contribution in [3.05, 3.63) is 48.0 Å². The maximum absolute atomic E-state index is 11.2. The molecular formula is C10H12O. The number of allylic oxidation sites excluding steroid dienone is 2. The molecule has 0 N–H and O–H groups in total. The summed E-state index contributed by atoms with van der Waals surface area (Å²) >= 11 is 0. The summed E-state index contributed by atoms with van der Waals surface area (Å²) in [6.45, 7) is 1.83. The van der Waals surface area contributed by atoms with E-state index < -0.39 is 0 Å². The van der Waals surface area contributed by atoms with E-state index in [1.165, 1.54) is 0 Å². The van der Waals surface area contributed by atoms with E-state index in [-0.39, 0.29) is 7.21 Å². The van der Waals surface area contributed by atoms with Crippen LogP contribution in [-0.4, -0.2) is 5.78 Å². The molecular weight excluding hydrogens is 136 g/mol. The van der Waals surface area contributed by atoms with Gasteiger partial charge in [-0.1, -0.05) is 36.4 Å². The molecule has 1 heteroatoms. The summed E-state index contributed by atoms with van der Waals surface area (Å²) in [5.41, 5.74) is 0.741. The lowest BCUT2D eigenvalue weighted by atomic mass is 10.1. The average Bonchev–Trinajstić information content (AvgIpc) is 2.07. The van der Waals surface area contributed by atoms with Gasteiger partial charge in [-0.3, -0.25) is 4.79 Å². The van der Waals surface area contributed by atoms with Crippen LogP contribution in [0.5, 0.6) is 0 Å². The quantitative estimate of drug-likeness (QED) is 0.465. The second-order valence-electron chi connectivity index (χ2n) is 2.23. The molecule has 0 heterocycles. The molecule has 58 valence electrons. The minimum Gasteiger partial charge on any atom is -0.289 e. The van der Waals surface area contributed by atoms with Crippen molar-refractivity contribution in [2.45, 2.75) is 6.92 Å². The van der Waals surface area contributed by atoms with Crippen LogP contribution in [0.4, 0.5) is 0 Å². The van der Waals surface area contributed by atoms with E-state index in [0.29, 0.717) is 0 Å². The average molecular weight is 148 g/mol. The third-order valence-electron chi connectivity index (χ3n) is 1.38. The number of carbonyl (C=O) groups excluding carboxylic acids is 1.